The number of hydrogen-bond donors (Lipinski definition) is 8. The molecular weight excluding hydrogens is 424 g/mol. The van der Waals surface area contributed by atoms with Gasteiger partial charge >= 0.3 is 5.97 Å². The Bertz CT molecular complexity index is 799. The number of rotatable bonds is 12. The highest BCUT2D eigenvalue weighted by Gasteiger charge is 2.30. The summed E-state index contributed by atoms with van der Waals surface area (Å²) in [5.41, 5.74) is 6.42. The lowest BCUT2D eigenvalue weighted by Gasteiger charge is -2.25. The van der Waals surface area contributed by atoms with Crippen molar-refractivity contribution in [2.45, 2.75) is 44.4 Å². The van der Waals surface area contributed by atoms with E-state index in [1.165, 1.54) is 12.1 Å². The zero-order chi connectivity index (χ0) is 24.4. The van der Waals surface area contributed by atoms with Gasteiger partial charge in [-0.3, -0.25) is 14.4 Å². The molecule has 178 valence electrons. The minimum atomic E-state index is -1.62. The third-order valence-corrected chi connectivity index (χ3v) is 4.64. The lowest BCUT2D eigenvalue weighted by Crippen LogP contribution is -2.59. The second kappa shape index (κ2) is 12.6. The average molecular weight is 454 g/mol. The molecule has 0 aromatic heterocycles. The van der Waals surface area contributed by atoms with Gasteiger partial charge in [0.15, 0.2) is 0 Å². The van der Waals surface area contributed by atoms with Crippen LogP contribution in [-0.4, -0.2) is 81.5 Å². The van der Waals surface area contributed by atoms with Crippen LogP contribution in [-0.2, 0) is 25.6 Å². The minimum Gasteiger partial charge on any atom is -0.508 e. The topological polar surface area (TPSA) is 211 Å². The normalized spacial score (nSPS) is 14.7. The van der Waals surface area contributed by atoms with Crippen LogP contribution in [0.5, 0.6) is 5.75 Å². The summed E-state index contributed by atoms with van der Waals surface area (Å²) in [6.07, 6.45) is -0.0170. The maximum Gasteiger partial charge on any atom is 0.328 e. The summed E-state index contributed by atoms with van der Waals surface area (Å²) in [7, 11) is 0. The number of hydrogen-bond acceptors (Lipinski definition) is 8. The van der Waals surface area contributed by atoms with Crippen molar-refractivity contribution in [3.05, 3.63) is 29.8 Å². The highest BCUT2D eigenvalue weighted by atomic mass is 16.4. The lowest BCUT2D eigenvalue weighted by molar-refractivity contribution is -0.143. The molecule has 0 spiro atoms. The molecule has 0 heterocycles. The fourth-order valence-corrected chi connectivity index (χ4v) is 2.57. The number of amides is 3. The number of aliphatic carboxylic acids is 1. The fourth-order valence-electron chi connectivity index (χ4n) is 2.57. The third-order valence-electron chi connectivity index (χ3n) is 4.64. The van der Waals surface area contributed by atoms with Crippen LogP contribution in [0.3, 0.4) is 0 Å². The standard InChI is InChI=1S/C20H30N4O8/c1-10(2)16(21)19(30)22-13(7-11-3-5-12(27)6-4-11)17(28)23-14(8-25)18(29)24-15(9-26)20(31)32/h3-6,10,13-16,25-27H,7-9,21H2,1-2H3,(H,22,30)(H,23,28)(H,24,29)(H,31,32). The van der Waals surface area contributed by atoms with Crippen LogP contribution >= 0.6 is 0 Å². The number of aliphatic hydroxyl groups excluding tert-OH is 2. The maximum absolute atomic E-state index is 12.8. The van der Waals surface area contributed by atoms with Gasteiger partial charge in [-0.2, -0.15) is 0 Å². The van der Waals surface area contributed by atoms with Crippen LogP contribution in [0.15, 0.2) is 24.3 Å². The molecule has 1 rings (SSSR count). The van der Waals surface area contributed by atoms with Gasteiger partial charge < -0.3 is 42.1 Å². The van der Waals surface area contributed by atoms with Crippen molar-refractivity contribution in [1.82, 2.24) is 16.0 Å². The summed E-state index contributed by atoms with van der Waals surface area (Å²) in [6, 6.07) is 0.639. The van der Waals surface area contributed by atoms with Gasteiger partial charge in [-0.15, -0.1) is 0 Å². The Morgan fingerprint density at radius 3 is 1.78 bits per heavy atom. The second-order valence-corrected chi connectivity index (χ2v) is 7.53. The molecule has 12 nitrogen and oxygen atoms in total. The van der Waals surface area contributed by atoms with E-state index in [2.05, 4.69) is 10.6 Å². The number of benzene rings is 1. The predicted octanol–water partition coefficient (Wildman–Crippen LogP) is -2.56. The van der Waals surface area contributed by atoms with Gasteiger partial charge in [0.1, 0.15) is 23.9 Å². The fraction of sp³-hybridized carbons (Fsp3) is 0.500. The summed E-state index contributed by atoms with van der Waals surface area (Å²) in [4.78, 5) is 48.4. The number of carbonyl (C=O) groups is 4. The van der Waals surface area contributed by atoms with Crippen LogP contribution in [0.1, 0.15) is 19.4 Å². The summed E-state index contributed by atoms with van der Waals surface area (Å²) in [5.74, 6) is -4.16. The first-order chi connectivity index (χ1) is 15.0. The second-order valence-electron chi connectivity index (χ2n) is 7.53. The van der Waals surface area contributed by atoms with Gasteiger partial charge in [0.2, 0.25) is 17.7 Å². The number of aromatic hydroxyl groups is 1. The number of phenols is 1. The Kier molecular flexibility index (Phi) is 10.5. The molecule has 4 atom stereocenters. The zero-order valence-corrected chi connectivity index (χ0v) is 17.8. The van der Waals surface area contributed by atoms with E-state index in [9.17, 15) is 29.4 Å². The van der Waals surface area contributed by atoms with Crippen molar-refractivity contribution < 1.29 is 39.6 Å². The molecule has 0 fully saturated rings. The monoisotopic (exact) mass is 454 g/mol. The number of carboxylic acid groups (broad SMARTS) is 1. The number of nitrogens with two attached hydrogens (primary N) is 1. The molecule has 0 aliphatic carbocycles. The zero-order valence-electron chi connectivity index (χ0n) is 17.8. The van der Waals surface area contributed by atoms with Crippen molar-refractivity contribution in [3.63, 3.8) is 0 Å². The summed E-state index contributed by atoms with van der Waals surface area (Å²) < 4.78 is 0. The number of carbonyl (C=O) groups excluding carboxylic acids is 3. The van der Waals surface area contributed by atoms with Crippen molar-refractivity contribution in [2.24, 2.45) is 11.7 Å². The molecule has 0 aliphatic rings. The quantitative estimate of drug-likeness (QED) is 0.167. The summed E-state index contributed by atoms with van der Waals surface area (Å²) >= 11 is 0. The van der Waals surface area contributed by atoms with E-state index in [4.69, 9.17) is 15.9 Å². The van der Waals surface area contributed by atoms with E-state index in [1.54, 1.807) is 26.0 Å². The molecule has 3 amide bonds. The van der Waals surface area contributed by atoms with Gasteiger partial charge in [-0.05, 0) is 23.6 Å². The van der Waals surface area contributed by atoms with Crippen LogP contribution < -0.4 is 21.7 Å². The van der Waals surface area contributed by atoms with Gasteiger partial charge in [0.25, 0.3) is 0 Å². The highest BCUT2D eigenvalue weighted by molar-refractivity contribution is 5.94. The van der Waals surface area contributed by atoms with Crippen LogP contribution in [0.2, 0.25) is 0 Å². The Balaban J connectivity index is 3.00. The largest absolute Gasteiger partial charge is 0.508 e. The molecule has 9 N–H and O–H groups in total. The van der Waals surface area contributed by atoms with Gasteiger partial charge in [0.05, 0.1) is 19.3 Å². The molecule has 0 aliphatic heterocycles. The Labute approximate surface area is 184 Å². The smallest absolute Gasteiger partial charge is 0.328 e. The van der Waals surface area contributed by atoms with Crippen molar-refractivity contribution in [2.75, 3.05) is 13.2 Å². The van der Waals surface area contributed by atoms with Crippen LogP contribution in [0.4, 0.5) is 0 Å². The lowest BCUT2D eigenvalue weighted by atomic mass is 10.0. The molecule has 12 heteroatoms. The van der Waals surface area contributed by atoms with Crippen LogP contribution in [0.25, 0.3) is 0 Å². The first-order valence-electron chi connectivity index (χ1n) is 9.89. The van der Waals surface area contributed by atoms with Gasteiger partial charge in [0, 0.05) is 6.42 Å². The molecule has 0 saturated heterocycles. The highest BCUT2D eigenvalue weighted by Crippen LogP contribution is 2.12. The summed E-state index contributed by atoms with van der Waals surface area (Å²) in [6.45, 7) is 1.71. The van der Waals surface area contributed by atoms with Crippen LogP contribution in [0, 0.1) is 5.92 Å². The minimum absolute atomic E-state index is 0.00880. The van der Waals surface area contributed by atoms with E-state index in [0.717, 1.165) is 0 Å². The van der Waals surface area contributed by atoms with E-state index in [-0.39, 0.29) is 18.1 Å². The average Bonchev–Trinajstić information content (AvgIpc) is 2.75. The third kappa shape index (κ3) is 8.13. The molecule has 32 heavy (non-hydrogen) atoms. The Hall–Kier alpha value is -3.22. The molecular formula is C20H30N4O8. The molecule has 0 saturated carbocycles. The first-order valence-corrected chi connectivity index (χ1v) is 9.89. The Morgan fingerprint density at radius 2 is 1.31 bits per heavy atom. The molecule has 1 aromatic rings. The number of aliphatic hydroxyl groups is 2. The van der Waals surface area contributed by atoms with E-state index < -0.39 is 61.1 Å². The van der Waals surface area contributed by atoms with Gasteiger partial charge in [-0.1, -0.05) is 26.0 Å². The number of phenolic OH excluding ortho intramolecular Hbond substituents is 1. The number of nitrogens with one attached hydrogen (secondary N) is 3. The van der Waals surface area contributed by atoms with Crippen molar-refractivity contribution >= 4 is 23.7 Å². The van der Waals surface area contributed by atoms with Crippen molar-refractivity contribution in [3.8, 4) is 5.75 Å². The molecule has 0 bridgehead atoms. The van der Waals surface area contributed by atoms with E-state index >= 15 is 0 Å². The molecule has 4 unspecified atom stereocenters. The maximum atomic E-state index is 12.8. The summed E-state index contributed by atoms with van der Waals surface area (Å²) in [5, 5.41) is 43.6. The number of carboxylic acids is 1. The predicted molar refractivity (Wildman–Crippen MR) is 112 cm³/mol. The van der Waals surface area contributed by atoms with Gasteiger partial charge in [-0.25, -0.2) is 4.79 Å². The molecule has 1 aromatic carbocycles. The first kappa shape index (κ1) is 26.8. The van der Waals surface area contributed by atoms with Crippen molar-refractivity contribution in [1.29, 1.82) is 0 Å². The molecule has 0 radical (unpaired) electrons. The Morgan fingerprint density at radius 1 is 0.844 bits per heavy atom. The van der Waals surface area contributed by atoms with E-state index in [0.29, 0.717) is 5.56 Å². The van der Waals surface area contributed by atoms with E-state index in [1.807, 2.05) is 5.32 Å². The SMILES string of the molecule is CC(C)C(N)C(=O)NC(Cc1ccc(O)cc1)C(=O)NC(CO)C(=O)NC(CO)C(=O)O.